The molecule has 0 aliphatic carbocycles. The summed E-state index contributed by atoms with van der Waals surface area (Å²) in [5.74, 6) is 0.784. The highest BCUT2D eigenvalue weighted by Crippen LogP contribution is 2.45. The number of carbonyl (C=O) groups excluding carboxylic acids is 4. The lowest BCUT2D eigenvalue weighted by Crippen LogP contribution is -2.30. The van der Waals surface area contributed by atoms with Crippen molar-refractivity contribution in [2.75, 3.05) is 39.6 Å². The minimum atomic E-state index is -4.95. The molecule has 516 valence electrons. The lowest BCUT2D eigenvalue weighted by atomic mass is 10.00. The molecule has 0 aliphatic rings. The van der Waals surface area contributed by atoms with Crippen molar-refractivity contribution in [1.29, 1.82) is 0 Å². The zero-order valence-electron chi connectivity index (χ0n) is 56.6. The van der Waals surface area contributed by atoms with Gasteiger partial charge in [0.15, 0.2) is 12.2 Å². The van der Waals surface area contributed by atoms with Gasteiger partial charge in [0.2, 0.25) is 0 Å². The average molecular weight is 1280 g/mol. The van der Waals surface area contributed by atoms with Crippen LogP contribution in [0.1, 0.15) is 331 Å². The molecule has 4 unspecified atom stereocenters. The van der Waals surface area contributed by atoms with E-state index in [2.05, 4.69) is 55.4 Å². The van der Waals surface area contributed by atoms with Gasteiger partial charge in [-0.15, -0.1) is 0 Å². The van der Waals surface area contributed by atoms with E-state index in [0.717, 1.165) is 114 Å². The average Bonchev–Trinajstić information content (AvgIpc) is 3.68. The van der Waals surface area contributed by atoms with E-state index in [1.165, 1.54) is 128 Å². The van der Waals surface area contributed by atoms with E-state index in [4.69, 9.17) is 37.0 Å². The Morgan fingerprint density at radius 3 is 0.816 bits per heavy atom. The number of esters is 4. The quantitative estimate of drug-likeness (QED) is 0.0222. The number of ether oxygens (including phenoxy) is 4. The van der Waals surface area contributed by atoms with Crippen molar-refractivity contribution in [1.82, 2.24) is 0 Å². The molecular formula is C68H132O17P2. The molecule has 0 bridgehead atoms. The third-order valence-corrected chi connectivity index (χ3v) is 17.8. The monoisotopic (exact) mass is 1280 g/mol. The number of unbranched alkanes of at least 4 members (excludes halogenated alkanes) is 30. The Morgan fingerprint density at radius 1 is 0.322 bits per heavy atom. The number of phosphoric ester groups is 2. The van der Waals surface area contributed by atoms with Crippen LogP contribution in [-0.4, -0.2) is 96.7 Å². The fourth-order valence-corrected chi connectivity index (χ4v) is 11.7. The molecule has 0 aromatic heterocycles. The van der Waals surface area contributed by atoms with Crippen molar-refractivity contribution < 1.29 is 80.2 Å². The number of aliphatic hydroxyl groups excluding tert-OH is 1. The molecule has 0 saturated carbocycles. The normalized spacial score (nSPS) is 14.6. The SMILES string of the molecule is CCC(C)CCCCCCCCC(=O)O[C@H](COC(=O)CCCCCCCCCCC(C)C)COP(=O)(O)OCC(O)COP(=O)(O)OC[C@@H](COC(=O)CCCCCCCCC(C)C)OC(=O)CCCCCCCCCCCCCCCCC(C)C. The first-order chi connectivity index (χ1) is 41.6. The number of carbonyl (C=O) groups is 4. The molecule has 0 saturated heterocycles. The summed E-state index contributed by atoms with van der Waals surface area (Å²) in [6, 6.07) is 0. The van der Waals surface area contributed by atoms with Crippen LogP contribution in [0.25, 0.3) is 0 Å². The van der Waals surface area contributed by atoms with E-state index in [0.29, 0.717) is 31.6 Å². The summed E-state index contributed by atoms with van der Waals surface area (Å²) >= 11 is 0. The molecule has 3 N–H and O–H groups in total. The van der Waals surface area contributed by atoms with Gasteiger partial charge >= 0.3 is 39.5 Å². The highest BCUT2D eigenvalue weighted by atomic mass is 31.2. The zero-order valence-corrected chi connectivity index (χ0v) is 58.4. The van der Waals surface area contributed by atoms with Gasteiger partial charge in [0.25, 0.3) is 0 Å². The van der Waals surface area contributed by atoms with E-state index < -0.39 is 97.5 Å². The van der Waals surface area contributed by atoms with E-state index in [9.17, 15) is 43.2 Å². The number of rotatable bonds is 65. The predicted octanol–water partition coefficient (Wildman–Crippen LogP) is 18.9. The summed E-state index contributed by atoms with van der Waals surface area (Å²) in [6.07, 6.45) is 39.2. The van der Waals surface area contributed by atoms with E-state index in [-0.39, 0.29) is 25.7 Å². The van der Waals surface area contributed by atoms with Crippen molar-refractivity contribution >= 4 is 39.5 Å². The standard InChI is InChI=1S/C68H132O17P2/c1-9-61(8)47-39-31-25-27-35-43-51-68(73)85-64(54-78-65(70)48-40-32-22-19-18-21-29-37-45-59(4)5)57-83-87(76,77)81-53-62(69)52-80-86(74,75)82-56-63(55-79-66(71)49-41-33-26-24-30-38-46-60(6)7)84-67(72)50-42-34-23-17-15-13-11-10-12-14-16-20-28-36-44-58(2)3/h58-64,69H,9-57H2,1-8H3,(H,74,75)(H,76,77)/t61?,62?,63-,64-/m1/s1. The first kappa shape index (κ1) is 85.1. The third kappa shape index (κ3) is 61.3. The Hall–Kier alpha value is -1.94. The van der Waals surface area contributed by atoms with Crippen LogP contribution in [0.4, 0.5) is 0 Å². The van der Waals surface area contributed by atoms with Crippen molar-refractivity contribution in [2.24, 2.45) is 23.7 Å². The topological polar surface area (TPSA) is 237 Å². The predicted molar refractivity (Wildman–Crippen MR) is 349 cm³/mol. The fraction of sp³-hybridized carbons (Fsp3) is 0.941. The summed E-state index contributed by atoms with van der Waals surface area (Å²) in [5, 5.41) is 10.6. The number of phosphoric acid groups is 2. The molecule has 0 aliphatic heterocycles. The van der Waals surface area contributed by atoms with Crippen LogP contribution in [0.3, 0.4) is 0 Å². The van der Waals surface area contributed by atoms with Crippen LogP contribution in [0, 0.1) is 23.7 Å². The Morgan fingerprint density at radius 2 is 0.552 bits per heavy atom. The molecule has 19 heteroatoms. The van der Waals surface area contributed by atoms with Gasteiger partial charge in [-0.1, -0.05) is 280 Å². The van der Waals surface area contributed by atoms with Crippen LogP contribution in [-0.2, 0) is 65.4 Å². The molecule has 0 aromatic rings. The van der Waals surface area contributed by atoms with Gasteiger partial charge in [0.1, 0.15) is 19.3 Å². The summed E-state index contributed by atoms with van der Waals surface area (Å²) in [7, 11) is -9.90. The number of hydrogen-bond acceptors (Lipinski definition) is 15. The largest absolute Gasteiger partial charge is 0.472 e. The van der Waals surface area contributed by atoms with Crippen molar-refractivity contribution in [3.05, 3.63) is 0 Å². The molecule has 0 radical (unpaired) electrons. The smallest absolute Gasteiger partial charge is 0.462 e. The lowest BCUT2D eigenvalue weighted by Gasteiger charge is -2.21. The van der Waals surface area contributed by atoms with Crippen LogP contribution in [0.15, 0.2) is 0 Å². The van der Waals surface area contributed by atoms with E-state index >= 15 is 0 Å². The van der Waals surface area contributed by atoms with Gasteiger partial charge in [-0.2, -0.15) is 0 Å². The fourth-order valence-electron chi connectivity index (χ4n) is 10.1. The van der Waals surface area contributed by atoms with Crippen molar-refractivity contribution in [3.63, 3.8) is 0 Å². The molecule has 0 amide bonds. The summed E-state index contributed by atoms with van der Waals surface area (Å²) in [4.78, 5) is 72.4. The highest BCUT2D eigenvalue weighted by Gasteiger charge is 2.30. The molecule has 17 nitrogen and oxygen atoms in total. The first-order valence-electron chi connectivity index (χ1n) is 35.2. The second-order valence-corrected chi connectivity index (χ2v) is 29.1. The Balaban J connectivity index is 5.21. The van der Waals surface area contributed by atoms with Gasteiger partial charge in [0.05, 0.1) is 26.4 Å². The molecule has 0 rings (SSSR count). The highest BCUT2D eigenvalue weighted by molar-refractivity contribution is 7.47. The van der Waals surface area contributed by atoms with Crippen molar-refractivity contribution in [2.45, 2.75) is 350 Å². The first-order valence-corrected chi connectivity index (χ1v) is 38.2. The van der Waals surface area contributed by atoms with Gasteiger partial charge in [0, 0.05) is 25.7 Å². The second-order valence-electron chi connectivity index (χ2n) is 26.2. The molecule has 0 spiro atoms. The van der Waals surface area contributed by atoms with E-state index in [1.807, 2.05) is 0 Å². The van der Waals surface area contributed by atoms with Crippen molar-refractivity contribution in [3.8, 4) is 0 Å². The summed E-state index contributed by atoms with van der Waals surface area (Å²) < 4.78 is 68.1. The Kier molecular flexibility index (Phi) is 56.6. The molecule has 87 heavy (non-hydrogen) atoms. The van der Waals surface area contributed by atoms with E-state index in [1.54, 1.807) is 0 Å². The van der Waals surface area contributed by atoms with Gasteiger partial charge in [-0.05, 0) is 49.4 Å². The van der Waals surface area contributed by atoms with Gasteiger partial charge in [-0.3, -0.25) is 37.3 Å². The van der Waals surface area contributed by atoms with Crippen LogP contribution < -0.4 is 0 Å². The summed E-state index contributed by atoms with van der Waals surface area (Å²) in [5.41, 5.74) is 0. The zero-order chi connectivity index (χ0) is 64.7. The summed E-state index contributed by atoms with van der Waals surface area (Å²) in [6.45, 7) is 14.0. The lowest BCUT2D eigenvalue weighted by molar-refractivity contribution is -0.161. The van der Waals surface area contributed by atoms with Gasteiger partial charge in [-0.25, -0.2) is 9.13 Å². The Bertz CT molecular complexity index is 1730. The van der Waals surface area contributed by atoms with Crippen LogP contribution in [0.5, 0.6) is 0 Å². The minimum Gasteiger partial charge on any atom is -0.462 e. The molecule has 6 atom stereocenters. The molecule has 0 aromatic carbocycles. The maximum atomic E-state index is 13.0. The maximum Gasteiger partial charge on any atom is 0.472 e. The minimum absolute atomic E-state index is 0.102. The van der Waals surface area contributed by atoms with Crippen LogP contribution >= 0.6 is 15.6 Å². The van der Waals surface area contributed by atoms with Gasteiger partial charge < -0.3 is 33.8 Å². The third-order valence-electron chi connectivity index (χ3n) is 15.9. The second kappa shape index (κ2) is 57.9. The number of hydrogen-bond donors (Lipinski definition) is 3. The molecule has 0 heterocycles. The Labute approximate surface area is 530 Å². The molecule has 0 fully saturated rings. The molecular weight excluding hydrogens is 1150 g/mol. The maximum absolute atomic E-state index is 13.0. The number of aliphatic hydroxyl groups is 1. The van der Waals surface area contributed by atoms with Crippen LogP contribution in [0.2, 0.25) is 0 Å².